The topological polar surface area (TPSA) is 105 Å². The van der Waals surface area contributed by atoms with Crippen LogP contribution in [0.15, 0.2) is 24.3 Å². The molecule has 5 rings (SSSR count). The summed E-state index contributed by atoms with van der Waals surface area (Å²) in [5.41, 5.74) is 2.79. The molecule has 1 saturated carbocycles. The van der Waals surface area contributed by atoms with Gasteiger partial charge < -0.3 is 15.1 Å². The average Bonchev–Trinajstić information content (AvgIpc) is 3.32. The Morgan fingerprint density at radius 3 is 2.63 bits per heavy atom. The van der Waals surface area contributed by atoms with Crippen molar-refractivity contribution in [1.82, 2.24) is 19.6 Å². The van der Waals surface area contributed by atoms with Crippen molar-refractivity contribution < 1.29 is 19.2 Å². The van der Waals surface area contributed by atoms with Gasteiger partial charge in [-0.1, -0.05) is 32.9 Å². The van der Waals surface area contributed by atoms with Crippen LogP contribution in [-0.4, -0.2) is 75.2 Å². The average molecular weight is 562 g/mol. The van der Waals surface area contributed by atoms with Gasteiger partial charge in [0.2, 0.25) is 11.8 Å². The molecule has 3 aliphatic rings. The number of carbonyl (C=O) groups excluding carboxylic acids is 4. The number of nitrogens with one attached hydrogen (secondary N) is 1. The minimum absolute atomic E-state index is 0.0475. The zero-order valence-corrected chi connectivity index (χ0v) is 25.0. The SMILES string of the molecule is CCC(=O)[C@@H]1C[C@@]23C[C@H]2N1C(=O)Cn1nc(C(C)=O)c2cc(NCC(C)C)cc(c21)C/C=C/CCCC(=O)N(C)C3. The monoisotopic (exact) mass is 561 g/mol. The maximum Gasteiger partial charge on any atom is 0.245 e. The first-order chi connectivity index (χ1) is 19.5. The molecule has 41 heavy (non-hydrogen) atoms. The second kappa shape index (κ2) is 11.4. The lowest BCUT2D eigenvalue weighted by molar-refractivity contribution is -0.139. The number of ketones is 2. The van der Waals surface area contributed by atoms with Crippen LogP contribution in [0.3, 0.4) is 0 Å². The summed E-state index contributed by atoms with van der Waals surface area (Å²) in [6.45, 7) is 8.92. The predicted octanol–water partition coefficient (Wildman–Crippen LogP) is 4.39. The molecule has 1 saturated heterocycles. The van der Waals surface area contributed by atoms with Crippen molar-refractivity contribution in [2.45, 2.75) is 91.3 Å². The van der Waals surface area contributed by atoms with Gasteiger partial charge >= 0.3 is 0 Å². The first-order valence-corrected chi connectivity index (χ1v) is 15.1. The van der Waals surface area contributed by atoms with Crippen molar-refractivity contribution in [3.05, 3.63) is 35.5 Å². The van der Waals surface area contributed by atoms with Gasteiger partial charge in [0.05, 0.1) is 11.6 Å². The summed E-state index contributed by atoms with van der Waals surface area (Å²) < 4.78 is 1.67. The Hall–Kier alpha value is -3.49. The van der Waals surface area contributed by atoms with Crippen molar-refractivity contribution in [2.75, 3.05) is 25.5 Å². The van der Waals surface area contributed by atoms with Crippen molar-refractivity contribution in [1.29, 1.82) is 0 Å². The molecule has 1 aliphatic carbocycles. The molecule has 2 aromatic rings. The Morgan fingerprint density at radius 1 is 1.15 bits per heavy atom. The molecule has 220 valence electrons. The molecule has 2 bridgehead atoms. The summed E-state index contributed by atoms with van der Waals surface area (Å²) in [6, 6.07) is 3.49. The number of carbonyl (C=O) groups is 4. The number of rotatable bonds is 6. The molecule has 1 aromatic heterocycles. The molecule has 0 radical (unpaired) electrons. The maximum absolute atomic E-state index is 14.0. The van der Waals surface area contributed by atoms with E-state index in [1.54, 1.807) is 14.5 Å². The Bertz CT molecular complexity index is 1410. The summed E-state index contributed by atoms with van der Waals surface area (Å²) in [4.78, 5) is 56.3. The number of anilines is 1. The van der Waals surface area contributed by atoms with E-state index in [2.05, 4.69) is 42.5 Å². The maximum atomic E-state index is 14.0. The fraction of sp³-hybridized carbons (Fsp3) is 0.594. The predicted molar refractivity (Wildman–Crippen MR) is 159 cm³/mol. The molecule has 1 N–H and O–H groups in total. The number of piperidine rings is 1. The zero-order valence-electron chi connectivity index (χ0n) is 25.0. The van der Waals surface area contributed by atoms with Gasteiger partial charge in [0.1, 0.15) is 12.2 Å². The van der Waals surface area contributed by atoms with Crippen molar-refractivity contribution in [3.63, 3.8) is 0 Å². The standard InChI is InChI=1S/C32H43N5O4/c1-6-26(39)25-15-32-16-27(32)37(25)29(41)18-36-31-22(11-9-7-8-10-12-28(40)35(5)19-32)13-23(33-17-20(2)3)14-24(31)30(34-36)21(4)38/h7,9,13-14,20,25,27,33H,6,8,10-12,15-19H2,1-5H3/b9-7+/t25-,27+,32-/m0/s1. The van der Waals surface area contributed by atoms with Gasteiger partial charge in [-0.2, -0.15) is 5.10 Å². The van der Waals surface area contributed by atoms with E-state index in [0.717, 1.165) is 48.0 Å². The minimum Gasteiger partial charge on any atom is -0.385 e. The highest BCUT2D eigenvalue weighted by Crippen LogP contribution is 2.60. The van der Waals surface area contributed by atoms with E-state index >= 15 is 0 Å². The van der Waals surface area contributed by atoms with Crippen LogP contribution in [0.5, 0.6) is 0 Å². The number of nitrogens with zero attached hydrogens (tertiary/aromatic N) is 4. The van der Waals surface area contributed by atoms with Gasteiger partial charge in [-0.15, -0.1) is 0 Å². The van der Waals surface area contributed by atoms with E-state index in [4.69, 9.17) is 0 Å². The lowest BCUT2D eigenvalue weighted by Crippen LogP contribution is -2.44. The summed E-state index contributed by atoms with van der Waals surface area (Å²) >= 11 is 0. The van der Waals surface area contributed by atoms with Crippen LogP contribution in [-0.2, 0) is 27.3 Å². The van der Waals surface area contributed by atoms with E-state index < -0.39 is 6.04 Å². The Balaban J connectivity index is 1.59. The number of hydrogen-bond donors (Lipinski definition) is 1. The van der Waals surface area contributed by atoms with Crippen LogP contribution in [0.25, 0.3) is 10.9 Å². The van der Waals surface area contributed by atoms with Crippen LogP contribution >= 0.6 is 0 Å². The Morgan fingerprint density at radius 2 is 1.93 bits per heavy atom. The summed E-state index contributed by atoms with van der Waals surface area (Å²) in [5.74, 6) is 0.283. The molecule has 9 nitrogen and oxygen atoms in total. The zero-order chi connectivity index (χ0) is 29.5. The molecule has 0 unspecified atom stereocenters. The molecule has 2 amide bonds. The summed E-state index contributed by atoms with van der Waals surface area (Å²) in [5, 5.41) is 8.90. The van der Waals surface area contributed by atoms with Gasteiger partial charge in [0.15, 0.2) is 11.6 Å². The molecule has 0 spiro atoms. The number of amides is 2. The van der Waals surface area contributed by atoms with E-state index in [1.807, 2.05) is 20.0 Å². The molecule has 9 heteroatoms. The molecule has 3 atom stereocenters. The highest BCUT2D eigenvalue weighted by molar-refractivity contribution is 6.07. The quantitative estimate of drug-likeness (QED) is 0.415. The van der Waals surface area contributed by atoms with Gasteiger partial charge in [-0.05, 0) is 55.7 Å². The smallest absolute Gasteiger partial charge is 0.245 e. The fourth-order valence-corrected chi connectivity index (χ4v) is 6.75. The molecular weight excluding hydrogens is 518 g/mol. The van der Waals surface area contributed by atoms with Crippen LogP contribution in [0.1, 0.15) is 82.3 Å². The Kier molecular flexibility index (Phi) is 8.08. The molecule has 2 fully saturated rings. The molecular formula is C32H43N5O4. The van der Waals surface area contributed by atoms with Gasteiger partial charge in [-0.25, -0.2) is 0 Å². The second-order valence-corrected chi connectivity index (χ2v) is 12.6. The first kappa shape index (κ1) is 29.0. The number of benzene rings is 1. The fourth-order valence-electron chi connectivity index (χ4n) is 6.75. The highest BCUT2D eigenvalue weighted by Gasteiger charge is 2.67. The largest absolute Gasteiger partial charge is 0.385 e. The lowest BCUT2D eigenvalue weighted by Gasteiger charge is -2.26. The number of aromatic nitrogens is 2. The third-order valence-electron chi connectivity index (χ3n) is 8.93. The van der Waals surface area contributed by atoms with E-state index in [0.29, 0.717) is 43.8 Å². The van der Waals surface area contributed by atoms with Gasteiger partial charge in [0, 0.05) is 62.4 Å². The number of hydrogen-bond acceptors (Lipinski definition) is 6. The first-order valence-electron chi connectivity index (χ1n) is 15.1. The van der Waals surface area contributed by atoms with E-state index in [-0.39, 0.29) is 41.4 Å². The van der Waals surface area contributed by atoms with Crippen LogP contribution in [0.4, 0.5) is 5.69 Å². The van der Waals surface area contributed by atoms with Crippen molar-refractivity contribution in [3.8, 4) is 0 Å². The van der Waals surface area contributed by atoms with Crippen LogP contribution in [0.2, 0.25) is 0 Å². The Labute approximate surface area is 242 Å². The number of allylic oxidation sites excluding steroid dienone is 2. The van der Waals surface area contributed by atoms with E-state index in [1.165, 1.54) is 6.92 Å². The number of Topliss-reactive ketones (excluding diaryl/α,β-unsaturated/α-hetero) is 2. The van der Waals surface area contributed by atoms with Crippen LogP contribution in [0, 0.1) is 11.3 Å². The van der Waals surface area contributed by atoms with Crippen molar-refractivity contribution in [2.24, 2.45) is 11.3 Å². The highest BCUT2D eigenvalue weighted by atomic mass is 16.2. The summed E-state index contributed by atoms with van der Waals surface area (Å²) in [7, 11) is 1.84. The molecule has 1 aromatic carbocycles. The molecule has 3 heterocycles. The third kappa shape index (κ3) is 5.68. The minimum atomic E-state index is -0.489. The lowest BCUT2D eigenvalue weighted by atomic mass is 9.95. The second-order valence-electron chi connectivity index (χ2n) is 12.6. The van der Waals surface area contributed by atoms with Gasteiger partial charge in [0.25, 0.3) is 0 Å². The van der Waals surface area contributed by atoms with Crippen LogP contribution < -0.4 is 5.32 Å². The molecule has 2 aliphatic heterocycles. The third-order valence-corrected chi connectivity index (χ3v) is 8.93. The van der Waals surface area contributed by atoms with Crippen molar-refractivity contribution >= 4 is 40.0 Å². The normalized spacial score (nSPS) is 25.8. The van der Waals surface area contributed by atoms with E-state index in [9.17, 15) is 19.2 Å². The summed E-state index contributed by atoms with van der Waals surface area (Å²) in [6.07, 6.45) is 8.55. The van der Waals surface area contributed by atoms with Gasteiger partial charge in [-0.3, -0.25) is 23.9 Å².